The fourth-order valence-electron chi connectivity index (χ4n) is 4.68. The summed E-state index contributed by atoms with van der Waals surface area (Å²) in [6, 6.07) is 20.5. The van der Waals surface area contributed by atoms with Crippen molar-refractivity contribution < 1.29 is 14.3 Å². The predicted octanol–water partition coefficient (Wildman–Crippen LogP) is 6.07. The summed E-state index contributed by atoms with van der Waals surface area (Å²) in [6.07, 6.45) is 5.18. The van der Waals surface area contributed by atoms with Gasteiger partial charge in [-0.15, -0.1) is 0 Å². The Balaban J connectivity index is 1.52. The molecule has 1 N–H and O–H groups in total. The summed E-state index contributed by atoms with van der Waals surface area (Å²) in [5, 5.41) is 3.54. The summed E-state index contributed by atoms with van der Waals surface area (Å²) >= 11 is 6.10. The van der Waals surface area contributed by atoms with Gasteiger partial charge in [0.05, 0.1) is 18.9 Å². The van der Waals surface area contributed by atoms with E-state index in [4.69, 9.17) is 26.1 Å². The lowest BCUT2D eigenvalue weighted by Gasteiger charge is -2.26. The Kier molecular flexibility index (Phi) is 6.54. The van der Waals surface area contributed by atoms with Crippen molar-refractivity contribution in [2.45, 2.75) is 44.2 Å². The molecule has 174 valence electrons. The van der Waals surface area contributed by atoms with Gasteiger partial charge in [-0.2, -0.15) is 0 Å². The fourth-order valence-corrected chi connectivity index (χ4v) is 4.87. The largest absolute Gasteiger partial charge is 0.493 e. The molecule has 1 heterocycles. The van der Waals surface area contributed by atoms with Crippen LogP contribution in [0.4, 0.5) is 5.69 Å². The second-order valence-electron chi connectivity index (χ2n) is 8.75. The average Bonchev–Trinajstić information content (AvgIpc) is 3.36. The SMILES string of the molecule is COc1cc2c(cc1OC1CCCC1)CC(C(=O)Nc1cccc(Cl)c1)N=C2c1ccccc1. The number of ether oxygens (including phenoxy) is 2. The molecule has 3 aromatic rings. The van der Waals surface area contributed by atoms with Crippen LogP contribution < -0.4 is 14.8 Å². The molecule has 3 aromatic carbocycles. The van der Waals surface area contributed by atoms with Gasteiger partial charge in [0.25, 0.3) is 0 Å². The number of hydrogen-bond acceptors (Lipinski definition) is 4. The van der Waals surface area contributed by atoms with E-state index in [0.717, 1.165) is 41.0 Å². The van der Waals surface area contributed by atoms with E-state index in [0.29, 0.717) is 22.9 Å². The Morgan fingerprint density at radius 1 is 1.00 bits per heavy atom. The van der Waals surface area contributed by atoms with Gasteiger partial charge in [-0.3, -0.25) is 9.79 Å². The minimum atomic E-state index is -0.575. The second kappa shape index (κ2) is 9.90. The summed E-state index contributed by atoms with van der Waals surface area (Å²) in [7, 11) is 1.66. The molecule has 0 aromatic heterocycles. The van der Waals surface area contributed by atoms with Crippen LogP contribution in [0.15, 0.2) is 71.7 Å². The van der Waals surface area contributed by atoms with Crippen LogP contribution in [0.2, 0.25) is 5.02 Å². The minimum Gasteiger partial charge on any atom is -0.493 e. The smallest absolute Gasteiger partial charge is 0.249 e. The number of carbonyl (C=O) groups is 1. The molecule has 0 saturated heterocycles. The standard InChI is InChI=1S/C28H27ClN2O3/c1-33-25-17-23-19(15-26(25)34-22-12-5-6-13-22)14-24(31-27(23)18-8-3-2-4-9-18)28(32)30-21-11-7-10-20(29)16-21/h2-4,7-11,15-17,22,24H,5-6,12-14H2,1H3,(H,30,32). The predicted molar refractivity (Wildman–Crippen MR) is 136 cm³/mol. The van der Waals surface area contributed by atoms with E-state index in [2.05, 4.69) is 5.32 Å². The number of carbonyl (C=O) groups excluding carboxylic acids is 1. The van der Waals surface area contributed by atoms with Gasteiger partial charge in [-0.1, -0.05) is 48.0 Å². The Hall–Kier alpha value is -3.31. The van der Waals surface area contributed by atoms with Crippen molar-refractivity contribution in [3.63, 3.8) is 0 Å². The van der Waals surface area contributed by atoms with Gasteiger partial charge in [0.1, 0.15) is 6.04 Å². The Labute approximate surface area is 204 Å². The van der Waals surface area contributed by atoms with E-state index in [9.17, 15) is 4.79 Å². The third-order valence-electron chi connectivity index (χ3n) is 6.38. The molecule has 1 saturated carbocycles. The third kappa shape index (κ3) is 4.80. The first-order valence-electron chi connectivity index (χ1n) is 11.7. The molecule has 2 aliphatic rings. The molecule has 1 amide bonds. The third-order valence-corrected chi connectivity index (χ3v) is 6.62. The van der Waals surface area contributed by atoms with E-state index in [1.807, 2.05) is 54.6 Å². The number of hydrogen-bond donors (Lipinski definition) is 1. The zero-order valence-corrected chi connectivity index (χ0v) is 19.8. The van der Waals surface area contributed by atoms with Crippen LogP contribution in [0.3, 0.4) is 0 Å². The first-order chi connectivity index (χ1) is 16.6. The van der Waals surface area contributed by atoms with Crippen molar-refractivity contribution in [1.82, 2.24) is 0 Å². The van der Waals surface area contributed by atoms with Crippen LogP contribution in [0.5, 0.6) is 11.5 Å². The number of aliphatic imine (C=N–C) groups is 1. The molecule has 0 radical (unpaired) electrons. The number of anilines is 1. The maximum Gasteiger partial charge on any atom is 0.249 e. The van der Waals surface area contributed by atoms with E-state index in [1.165, 1.54) is 12.8 Å². The minimum absolute atomic E-state index is 0.171. The zero-order valence-electron chi connectivity index (χ0n) is 19.1. The lowest BCUT2D eigenvalue weighted by Crippen LogP contribution is -2.33. The average molecular weight is 475 g/mol. The lowest BCUT2D eigenvalue weighted by atomic mass is 9.89. The van der Waals surface area contributed by atoms with Crippen molar-refractivity contribution in [2.75, 3.05) is 12.4 Å². The zero-order chi connectivity index (χ0) is 23.5. The van der Waals surface area contributed by atoms with Gasteiger partial charge >= 0.3 is 0 Å². The summed E-state index contributed by atoms with van der Waals surface area (Å²) in [4.78, 5) is 18.1. The molecule has 1 atom stereocenters. The van der Waals surface area contributed by atoms with Gasteiger partial charge in [0.15, 0.2) is 11.5 Å². The topological polar surface area (TPSA) is 59.9 Å². The van der Waals surface area contributed by atoms with Gasteiger partial charge < -0.3 is 14.8 Å². The quantitative estimate of drug-likeness (QED) is 0.471. The summed E-state index contributed by atoms with van der Waals surface area (Å²) in [6.45, 7) is 0. The number of fused-ring (bicyclic) bond motifs is 1. The number of nitrogens with zero attached hydrogens (tertiary/aromatic N) is 1. The Bertz CT molecular complexity index is 1220. The van der Waals surface area contributed by atoms with E-state index < -0.39 is 6.04 Å². The van der Waals surface area contributed by atoms with Crippen LogP contribution >= 0.6 is 11.6 Å². The van der Waals surface area contributed by atoms with Crippen molar-refractivity contribution >= 4 is 28.9 Å². The molecule has 0 spiro atoms. The Morgan fingerprint density at radius 3 is 2.53 bits per heavy atom. The first kappa shape index (κ1) is 22.5. The highest BCUT2D eigenvalue weighted by molar-refractivity contribution is 6.30. The van der Waals surface area contributed by atoms with Crippen molar-refractivity contribution in [2.24, 2.45) is 4.99 Å². The number of nitrogens with one attached hydrogen (secondary N) is 1. The van der Waals surface area contributed by atoms with Crippen LogP contribution in [0, 0.1) is 0 Å². The second-order valence-corrected chi connectivity index (χ2v) is 9.18. The highest BCUT2D eigenvalue weighted by atomic mass is 35.5. The molecular weight excluding hydrogens is 448 g/mol. The summed E-state index contributed by atoms with van der Waals surface area (Å²) in [5.41, 5.74) is 4.37. The number of methoxy groups -OCH3 is 1. The first-order valence-corrected chi connectivity index (χ1v) is 12.1. The molecule has 1 unspecified atom stereocenters. The van der Waals surface area contributed by atoms with Crippen LogP contribution in [-0.4, -0.2) is 30.9 Å². The normalized spacial score (nSPS) is 17.6. The fraction of sp³-hybridized carbons (Fsp3) is 0.286. The molecule has 0 bridgehead atoms. The number of halogens is 1. The van der Waals surface area contributed by atoms with E-state index in [1.54, 1.807) is 19.2 Å². The van der Waals surface area contributed by atoms with E-state index >= 15 is 0 Å². The van der Waals surface area contributed by atoms with Gasteiger partial charge in [0.2, 0.25) is 5.91 Å². The molecule has 1 aliphatic heterocycles. The van der Waals surface area contributed by atoms with Gasteiger partial charge in [-0.05, 0) is 61.6 Å². The maximum atomic E-state index is 13.2. The molecule has 1 aliphatic carbocycles. The molecule has 1 fully saturated rings. The van der Waals surface area contributed by atoms with Crippen molar-refractivity contribution in [1.29, 1.82) is 0 Å². The summed E-state index contributed by atoms with van der Waals surface area (Å²) < 4.78 is 12.0. The van der Waals surface area contributed by atoms with Crippen LogP contribution in [0.1, 0.15) is 42.4 Å². The molecular formula is C28H27ClN2O3. The summed E-state index contributed by atoms with van der Waals surface area (Å²) in [5.74, 6) is 1.25. The highest BCUT2D eigenvalue weighted by Gasteiger charge is 2.29. The molecule has 5 rings (SSSR count). The van der Waals surface area contributed by atoms with Crippen LogP contribution in [0.25, 0.3) is 0 Å². The van der Waals surface area contributed by atoms with Gasteiger partial charge in [0, 0.05) is 28.3 Å². The Morgan fingerprint density at radius 2 is 1.79 bits per heavy atom. The number of rotatable bonds is 6. The number of amides is 1. The molecule has 6 heteroatoms. The number of benzene rings is 3. The monoisotopic (exact) mass is 474 g/mol. The highest BCUT2D eigenvalue weighted by Crippen LogP contribution is 2.37. The van der Waals surface area contributed by atoms with Crippen molar-refractivity contribution in [3.05, 3.63) is 88.4 Å². The van der Waals surface area contributed by atoms with Crippen LogP contribution in [-0.2, 0) is 11.2 Å². The lowest BCUT2D eigenvalue weighted by molar-refractivity contribution is -0.117. The molecule has 34 heavy (non-hydrogen) atoms. The van der Waals surface area contributed by atoms with Crippen molar-refractivity contribution in [3.8, 4) is 11.5 Å². The molecule has 5 nitrogen and oxygen atoms in total. The van der Waals surface area contributed by atoms with Gasteiger partial charge in [-0.25, -0.2) is 0 Å². The maximum absolute atomic E-state index is 13.2. The van der Waals surface area contributed by atoms with E-state index in [-0.39, 0.29) is 12.0 Å².